The zero-order valence-electron chi connectivity index (χ0n) is 15.0. The molecule has 0 bridgehead atoms. The fourth-order valence-corrected chi connectivity index (χ4v) is 3.67. The molecule has 4 N–H and O–H groups in total. The van der Waals surface area contributed by atoms with Gasteiger partial charge in [-0.25, -0.2) is 0 Å². The topological polar surface area (TPSA) is 140 Å². The number of aliphatic hydroxyl groups excluding tert-OH is 1. The molecule has 1 aromatic heterocycles. The van der Waals surface area contributed by atoms with Crippen molar-refractivity contribution in [2.45, 2.75) is 42.8 Å². The van der Waals surface area contributed by atoms with Gasteiger partial charge in [-0.05, 0) is 37.5 Å². The molecule has 0 fully saturated rings. The number of aromatic nitrogens is 1. The number of hydrogen-bond acceptors (Lipinski definition) is 5. The first-order valence-corrected chi connectivity index (χ1v) is 9.93. The fourth-order valence-electron chi connectivity index (χ4n) is 3.17. The van der Waals surface area contributed by atoms with Crippen LogP contribution < -0.4 is 11.3 Å². The Balaban J connectivity index is 2.76. The number of nitrogens with zero attached hydrogens (tertiary/aromatic N) is 1. The van der Waals surface area contributed by atoms with Crippen molar-refractivity contribution >= 4 is 26.9 Å². The molecule has 1 amide bonds. The summed E-state index contributed by atoms with van der Waals surface area (Å²) < 4.78 is 73.3. The lowest BCUT2D eigenvalue weighted by atomic mass is 10.0. The Morgan fingerprint density at radius 3 is 2.38 bits per heavy atom. The highest BCUT2D eigenvalue weighted by atomic mass is 32.2. The van der Waals surface area contributed by atoms with Crippen LogP contribution in [0.15, 0.2) is 34.0 Å². The van der Waals surface area contributed by atoms with Gasteiger partial charge in [0.05, 0.1) is 16.0 Å². The smallest absolute Gasteiger partial charge is 0.396 e. The van der Waals surface area contributed by atoms with E-state index in [0.29, 0.717) is 12.1 Å². The number of primary amides is 1. The Kier molecular flexibility index (Phi) is 6.71. The molecule has 1 unspecified atom stereocenters. The molecule has 0 aliphatic carbocycles. The number of pyridine rings is 1. The van der Waals surface area contributed by atoms with Crippen LogP contribution in [0.25, 0.3) is 10.9 Å². The van der Waals surface area contributed by atoms with Crippen molar-refractivity contribution in [3.8, 4) is 0 Å². The van der Waals surface area contributed by atoms with Gasteiger partial charge in [-0.3, -0.25) is 14.1 Å². The molecular formula is C17H19F3N2O6S. The van der Waals surface area contributed by atoms with Crippen molar-refractivity contribution in [1.29, 1.82) is 0 Å². The molecule has 29 heavy (non-hydrogen) atoms. The number of rotatable bonds is 8. The van der Waals surface area contributed by atoms with Crippen molar-refractivity contribution in [3.05, 3.63) is 40.2 Å². The molecule has 0 radical (unpaired) electrons. The second-order valence-corrected chi connectivity index (χ2v) is 7.86. The van der Waals surface area contributed by atoms with Crippen LogP contribution in [0.2, 0.25) is 0 Å². The highest BCUT2D eigenvalue weighted by Crippen LogP contribution is 2.36. The van der Waals surface area contributed by atoms with Gasteiger partial charge in [0.25, 0.3) is 15.7 Å². The highest BCUT2D eigenvalue weighted by Gasteiger charge is 2.35. The van der Waals surface area contributed by atoms with E-state index in [4.69, 9.17) is 5.73 Å². The number of amides is 1. The number of fused-ring (bicyclic) bond motifs is 1. The average molecular weight is 436 g/mol. The lowest BCUT2D eigenvalue weighted by Gasteiger charge is -2.23. The minimum atomic E-state index is -4.95. The summed E-state index contributed by atoms with van der Waals surface area (Å²) in [5.74, 6) is -0.588. The summed E-state index contributed by atoms with van der Waals surface area (Å²) in [6.45, 7) is -0.376. The van der Waals surface area contributed by atoms with Crippen LogP contribution in [0, 0.1) is 0 Å². The summed E-state index contributed by atoms with van der Waals surface area (Å²) in [6.07, 6.45) is -4.55. The second-order valence-electron chi connectivity index (χ2n) is 6.44. The highest BCUT2D eigenvalue weighted by molar-refractivity contribution is 7.85. The van der Waals surface area contributed by atoms with Crippen LogP contribution in [0.5, 0.6) is 0 Å². The van der Waals surface area contributed by atoms with E-state index < -0.39 is 49.6 Å². The van der Waals surface area contributed by atoms with Crippen LogP contribution in [0.3, 0.4) is 0 Å². The van der Waals surface area contributed by atoms with E-state index in [1.54, 1.807) is 0 Å². The van der Waals surface area contributed by atoms with E-state index in [0.717, 1.165) is 16.7 Å². The molecule has 12 heteroatoms. The number of alkyl halides is 3. The Morgan fingerprint density at radius 2 is 1.86 bits per heavy atom. The summed E-state index contributed by atoms with van der Waals surface area (Å²) in [7, 11) is -4.78. The minimum absolute atomic E-state index is 0.0118. The van der Waals surface area contributed by atoms with Gasteiger partial charge in [0.15, 0.2) is 0 Å². The number of aliphatic hydroxyl groups is 1. The van der Waals surface area contributed by atoms with Crippen LogP contribution in [-0.4, -0.2) is 35.2 Å². The van der Waals surface area contributed by atoms with Gasteiger partial charge in [-0.15, -0.1) is 0 Å². The normalized spacial score (nSPS) is 13.6. The third-order valence-corrected chi connectivity index (χ3v) is 5.26. The lowest BCUT2D eigenvalue weighted by Crippen LogP contribution is -2.28. The standard InChI is InChI=1S/C17H19F3N2O6S/c18-17(19,20)13-9-16(25)22(10(6-7-23)2-1-3-15(21)24)14-5-4-11(8-12(13)14)29(26,27)28/h4-5,8-10,23H,1-3,6-7H2,(H2,21,24)(H,26,27,28). The van der Waals surface area contributed by atoms with E-state index >= 15 is 0 Å². The molecule has 1 aromatic carbocycles. The van der Waals surface area contributed by atoms with Crippen molar-refractivity contribution < 1.29 is 36.0 Å². The minimum Gasteiger partial charge on any atom is -0.396 e. The molecular weight excluding hydrogens is 417 g/mol. The summed E-state index contributed by atoms with van der Waals surface area (Å²) >= 11 is 0. The maximum atomic E-state index is 13.4. The molecule has 2 aromatic rings. The van der Waals surface area contributed by atoms with Gasteiger partial charge in [-0.1, -0.05) is 0 Å². The number of benzene rings is 1. The average Bonchev–Trinajstić information content (AvgIpc) is 2.58. The molecule has 160 valence electrons. The third kappa shape index (κ3) is 5.34. The van der Waals surface area contributed by atoms with Gasteiger partial charge in [0.2, 0.25) is 5.91 Å². The molecule has 1 atom stereocenters. The molecule has 2 rings (SSSR count). The summed E-state index contributed by atoms with van der Waals surface area (Å²) in [5, 5.41) is 8.71. The molecule has 8 nitrogen and oxygen atoms in total. The molecule has 1 heterocycles. The molecule has 0 spiro atoms. The van der Waals surface area contributed by atoms with E-state index in [1.165, 1.54) is 0 Å². The Hall–Kier alpha value is -2.44. The predicted octanol–water partition coefficient (Wildman–Crippen LogP) is 1.85. The maximum absolute atomic E-state index is 13.4. The molecule has 0 saturated carbocycles. The fraction of sp³-hybridized carbons (Fsp3) is 0.412. The Morgan fingerprint density at radius 1 is 1.21 bits per heavy atom. The van der Waals surface area contributed by atoms with Crippen molar-refractivity contribution in [2.75, 3.05) is 6.61 Å². The number of nitrogens with two attached hydrogens (primary N) is 1. The zero-order valence-corrected chi connectivity index (χ0v) is 15.8. The van der Waals surface area contributed by atoms with Crippen LogP contribution in [0.4, 0.5) is 13.2 Å². The molecule has 0 saturated heterocycles. The monoisotopic (exact) mass is 436 g/mol. The number of carbonyl (C=O) groups is 1. The number of carbonyl (C=O) groups excluding carboxylic acids is 1. The van der Waals surface area contributed by atoms with Gasteiger partial charge in [-0.2, -0.15) is 21.6 Å². The Labute approximate surface area is 163 Å². The van der Waals surface area contributed by atoms with Crippen LogP contribution in [0.1, 0.15) is 37.3 Å². The summed E-state index contributed by atoms with van der Waals surface area (Å²) in [4.78, 5) is 22.7. The first kappa shape index (κ1) is 22.8. The van der Waals surface area contributed by atoms with E-state index in [9.17, 15) is 40.8 Å². The van der Waals surface area contributed by atoms with Crippen molar-refractivity contribution in [2.24, 2.45) is 5.73 Å². The van der Waals surface area contributed by atoms with Crippen LogP contribution >= 0.6 is 0 Å². The van der Waals surface area contributed by atoms with E-state index in [1.807, 2.05) is 0 Å². The quantitative estimate of drug-likeness (QED) is 0.540. The Bertz CT molecular complexity index is 1080. The van der Waals surface area contributed by atoms with Gasteiger partial charge in [0, 0.05) is 30.5 Å². The first-order chi connectivity index (χ1) is 13.4. The maximum Gasteiger partial charge on any atom is 0.417 e. The predicted molar refractivity (Wildman–Crippen MR) is 96.8 cm³/mol. The SMILES string of the molecule is NC(=O)CCCC(CCO)n1c(=O)cc(C(F)(F)F)c2cc(S(=O)(=O)O)ccc21. The van der Waals surface area contributed by atoms with E-state index in [2.05, 4.69) is 0 Å². The van der Waals surface area contributed by atoms with E-state index in [-0.39, 0.29) is 37.8 Å². The van der Waals surface area contributed by atoms with Gasteiger partial charge >= 0.3 is 6.18 Å². The first-order valence-electron chi connectivity index (χ1n) is 8.49. The summed E-state index contributed by atoms with van der Waals surface area (Å²) in [5.41, 5.74) is 2.52. The third-order valence-electron chi connectivity index (χ3n) is 4.41. The molecule has 0 aliphatic heterocycles. The lowest BCUT2D eigenvalue weighted by molar-refractivity contribution is -0.136. The molecule has 0 aliphatic rings. The van der Waals surface area contributed by atoms with Crippen molar-refractivity contribution in [1.82, 2.24) is 4.57 Å². The van der Waals surface area contributed by atoms with Crippen LogP contribution in [-0.2, 0) is 21.1 Å². The largest absolute Gasteiger partial charge is 0.417 e. The summed E-state index contributed by atoms with van der Waals surface area (Å²) in [6, 6.07) is 2.10. The second kappa shape index (κ2) is 8.51. The number of hydrogen-bond donors (Lipinski definition) is 3. The van der Waals surface area contributed by atoms with Gasteiger partial charge < -0.3 is 15.4 Å². The van der Waals surface area contributed by atoms with Gasteiger partial charge in [0.1, 0.15) is 0 Å². The number of halogens is 3. The zero-order chi connectivity index (χ0) is 22.0. The van der Waals surface area contributed by atoms with Crippen molar-refractivity contribution in [3.63, 3.8) is 0 Å².